The third-order valence-electron chi connectivity index (χ3n) is 3.41. The van der Waals surface area contributed by atoms with Gasteiger partial charge in [-0.25, -0.2) is 0 Å². The molecule has 18 heavy (non-hydrogen) atoms. The molecule has 1 atom stereocenters. The molecule has 0 aliphatic heterocycles. The van der Waals surface area contributed by atoms with E-state index in [1.807, 2.05) is 12.1 Å². The van der Waals surface area contributed by atoms with Gasteiger partial charge in [0.15, 0.2) is 0 Å². The first-order valence-electron chi connectivity index (χ1n) is 6.37. The summed E-state index contributed by atoms with van der Waals surface area (Å²) in [5.41, 5.74) is 1.29. The van der Waals surface area contributed by atoms with Crippen LogP contribution < -0.4 is 5.32 Å². The zero-order chi connectivity index (χ0) is 13.8. The molecular weight excluding hydrogens is 226 g/mol. The van der Waals surface area contributed by atoms with Gasteiger partial charge in [0.25, 0.3) is 5.91 Å². The van der Waals surface area contributed by atoms with Crippen LogP contribution in [0.3, 0.4) is 0 Å². The van der Waals surface area contributed by atoms with E-state index in [0.29, 0.717) is 5.92 Å². The number of benzene rings is 1. The third-order valence-corrected chi connectivity index (χ3v) is 3.41. The minimum absolute atomic E-state index is 0.138. The Morgan fingerprint density at radius 2 is 1.89 bits per heavy atom. The van der Waals surface area contributed by atoms with Crippen LogP contribution in [0.4, 0.5) is 5.69 Å². The van der Waals surface area contributed by atoms with Crippen LogP contribution in [0, 0.1) is 0 Å². The van der Waals surface area contributed by atoms with Crippen molar-refractivity contribution in [2.75, 3.05) is 12.4 Å². The van der Waals surface area contributed by atoms with Crippen LogP contribution in [0.2, 0.25) is 0 Å². The maximum atomic E-state index is 11.9. The molecule has 0 saturated heterocycles. The van der Waals surface area contributed by atoms with E-state index < -0.39 is 5.60 Å². The molecule has 0 saturated carbocycles. The van der Waals surface area contributed by atoms with Crippen LogP contribution in [0.25, 0.3) is 0 Å². The summed E-state index contributed by atoms with van der Waals surface area (Å²) >= 11 is 0. The summed E-state index contributed by atoms with van der Waals surface area (Å²) in [6, 6.07) is 7.99. The number of rotatable bonds is 5. The van der Waals surface area contributed by atoms with Crippen LogP contribution in [0.15, 0.2) is 24.3 Å². The SMILES string of the molecule is CCC(C)c1ccc(NC(=O)C(C)(C)OC)cc1. The first kappa shape index (κ1) is 14.7. The number of carbonyl (C=O) groups is 1. The summed E-state index contributed by atoms with van der Waals surface area (Å²) in [5.74, 6) is 0.409. The Morgan fingerprint density at radius 3 is 2.33 bits per heavy atom. The summed E-state index contributed by atoms with van der Waals surface area (Å²) in [5, 5.41) is 2.85. The molecule has 1 aromatic carbocycles. The van der Waals surface area contributed by atoms with E-state index in [0.717, 1.165) is 12.1 Å². The van der Waals surface area contributed by atoms with Gasteiger partial charge in [0.05, 0.1) is 0 Å². The number of ether oxygens (including phenoxy) is 1. The second-order valence-electron chi connectivity index (χ2n) is 5.10. The van der Waals surface area contributed by atoms with Gasteiger partial charge in [-0.05, 0) is 43.9 Å². The summed E-state index contributed by atoms with van der Waals surface area (Å²) in [6.45, 7) is 7.86. The Bertz CT molecular complexity index is 395. The highest BCUT2D eigenvalue weighted by molar-refractivity contribution is 5.96. The number of anilines is 1. The van der Waals surface area contributed by atoms with Crippen LogP contribution in [0.5, 0.6) is 0 Å². The topological polar surface area (TPSA) is 38.3 Å². The van der Waals surface area contributed by atoms with Gasteiger partial charge in [-0.2, -0.15) is 0 Å². The molecule has 1 unspecified atom stereocenters. The molecule has 1 aromatic rings. The Labute approximate surface area is 110 Å². The van der Waals surface area contributed by atoms with Gasteiger partial charge >= 0.3 is 0 Å². The number of nitrogens with one attached hydrogen (secondary N) is 1. The fourth-order valence-electron chi connectivity index (χ4n) is 1.50. The normalized spacial score (nSPS) is 13.2. The Hall–Kier alpha value is -1.35. The van der Waals surface area contributed by atoms with Crippen molar-refractivity contribution in [1.82, 2.24) is 0 Å². The van der Waals surface area contributed by atoms with Crippen LogP contribution in [-0.2, 0) is 9.53 Å². The minimum atomic E-state index is -0.810. The van der Waals surface area contributed by atoms with E-state index in [-0.39, 0.29) is 5.91 Å². The van der Waals surface area contributed by atoms with Crippen LogP contribution in [-0.4, -0.2) is 18.6 Å². The first-order chi connectivity index (χ1) is 8.40. The molecule has 1 rings (SSSR count). The predicted molar refractivity (Wildman–Crippen MR) is 74.9 cm³/mol. The molecule has 0 heterocycles. The highest BCUT2D eigenvalue weighted by Crippen LogP contribution is 2.21. The molecule has 3 heteroatoms. The molecule has 0 radical (unpaired) electrons. The molecular formula is C15H23NO2. The maximum Gasteiger partial charge on any atom is 0.256 e. The lowest BCUT2D eigenvalue weighted by Gasteiger charge is -2.21. The smallest absolute Gasteiger partial charge is 0.256 e. The monoisotopic (exact) mass is 249 g/mol. The highest BCUT2D eigenvalue weighted by Gasteiger charge is 2.26. The number of amides is 1. The molecule has 0 bridgehead atoms. The lowest BCUT2D eigenvalue weighted by Crippen LogP contribution is -2.38. The second-order valence-corrected chi connectivity index (χ2v) is 5.10. The molecule has 0 fully saturated rings. The zero-order valence-electron chi connectivity index (χ0n) is 11.9. The average molecular weight is 249 g/mol. The predicted octanol–water partition coefficient (Wildman–Crippen LogP) is 3.56. The summed E-state index contributed by atoms with van der Waals surface area (Å²) in [7, 11) is 1.53. The summed E-state index contributed by atoms with van der Waals surface area (Å²) in [4.78, 5) is 11.9. The van der Waals surface area contributed by atoms with Gasteiger partial charge in [0.1, 0.15) is 5.60 Å². The van der Waals surface area contributed by atoms with Gasteiger partial charge in [-0.1, -0.05) is 26.0 Å². The number of methoxy groups -OCH3 is 1. The fraction of sp³-hybridized carbons (Fsp3) is 0.533. The Balaban J connectivity index is 2.73. The van der Waals surface area contributed by atoms with Crippen molar-refractivity contribution in [3.8, 4) is 0 Å². The van der Waals surface area contributed by atoms with Crippen LogP contribution >= 0.6 is 0 Å². The van der Waals surface area contributed by atoms with Gasteiger partial charge in [-0.15, -0.1) is 0 Å². The number of hydrogen-bond donors (Lipinski definition) is 1. The second kappa shape index (κ2) is 6.01. The highest BCUT2D eigenvalue weighted by atomic mass is 16.5. The Kier molecular flexibility index (Phi) is 4.91. The fourth-order valence-corrected chi connectivity index (χ4v) is 1.50. The quantitative estimate of drug-likeness (QED) is 0.866. The minimum Gasteiger partial charge on any atom is -0.369 e. The number of carbonyl (C=O) groups excluding carboxylic acids is 1. The molecule has 100 valence electrons. The van der Waals surface area contributed by atoms with Crippen molar-refractivity contribution in [2.45, 2.75) is 45.6 Å². The number of hydrogen-bond acceptors (Lipinski definition) is 2. The van der Waals surface area contributed by atoms with Gasteiger partial charge < -0.3 is 10.1 Å². The molecule has 0 spiro atoms. The van der Waals surface area contributed by atoms with Crippen molar-refractivity contribution in [2.24, 2.45) is 0 Å². The third kappa shape index (κ3) is 3.57. The first-order valence-corrected chi connectivity index (χ1v) is 6.37. The molecule has 0 aliphatic carbocycles. The van der Waals surface area contributed by atoms with E-state index in [9.17, 15) is 4.79 Å². The largest absolute Gasteiger partial charge is 0.369 e. The van der Waals surface area contributed by atoms with Crippen molar-refractivity contribution in [3.05, 3.63) is 29.8 Å². The molecule has 1 amide bonds. The molecule has 1 N–H and O–H groups in total. The molecule has 0 aromatic heterocycles. The van der Waals surface area contributed by atoms with Gasteiger partial charge in [0.2, 0.25) is 0 Å². The summed E-state index contributed by atoms with van der Waals surface area (Å²) < 4.78 is 5.14. The molecule has 3 nitrogen and oxygen atoms in total. The van der Waals surface area contributed by atoms with Crippen LogP contribution in [0.1, 0.15) is 45.6 Å². The van der Waals surface area contributed by atoms with Crippen molar-refractivity contribution in [3.63, 3.8) is 0 Å². The molecule has 0 aliphatic rings. The standard InChI is InChI=1S/C15H23NO2/c1-6-11(2)12-7-9-13(10-8-12)16-14(17)15(3,4)18-5/h7-11H,6H2,1-5H3,(H,16,17). The summed E-state index contributed by atoms with van der Waals surface area (Å²) in [6.07, 6.45) is 1.11. The van der Waals surface area contributed by atoms with Gasteiger partial charge in [-0.3, -0.25) is 4.79 Å². The van der Waals surface area contributed by atoms with E-state index >= 15 is 0 Å². The Morgan fingerprint density at radius 1 is 1.33 bits per heavy atom. The average Bonchev–Trinajstić information content (AvgIpc) is 2.38. The lowest BCUT2D eigenvalue weighted by molar-refractivity contribution is -0.133. The van der Waals surface area contributed by atoms with E-state index in [1.54, 1.807) is 13.8 Å². The van der Waals surface area contributed by atoms with Crippen molar-refractivity contribution in [1.29, 1.82) is 0 Å². The van der Waals surface area contributed by atoms with Crippen molar-refractivity contribution >= 4 is 11.6 Å². The zero-order valence-corrected chi connectivity index (χ0v) is 11.9. The van der Waals surface area contributed by atoms with Crippen molar-refractivity contribution < 1.29 is 9.53 Å². The van der Waals surface area contributed by atoms with E-state index in [2.05, 4.69) is 31.3 Å². The van der Waals surface area contributed by atoms with E-state index in [4.69, 9.17) is 4.74 Å². The lowest BCUT2D eigenvalue weighted by atomic mass is 9.98. The van der Waals surface area contributed by atoms with Gasteiger partial charge in [0, 0.05) is 12.8 Å². The van der Waals surface area contributed by atoms with E-state index in [1.165, 1.54) is 12.7 Å². The maximum absolute atomic E-state index is 11.9.